The number of nitrogens with one attached hydrogen (secondary N) is 1. The number of likely N-dealkylation sites (tertiary alicyclic amines) is 1. The Bertz CT molecular complexity index is 1080. The van der Waals surface area contributed by atoms with Gasteiger partial charge in [-0.2, -0.15) is 13.2 Å². The predicted octanol–water partition coefficient (Wildman–Crippen LogP) is 4.54. The zero-order valence-corrected chi connectivity index (χ0v) is 19.8. The van der Waals surface area contributed by atoms with Gasteiger partial charge in [0.25, 0.3) is 0 Å². The molecule has 0 radical (unpaired) electrons. The van der Waals surface area contributed by atoms with Gasteiger partial charge in [0.2, 0.25) is 11.8 Å². The van der Waals surface area contributed by atoms with Gasteiger partial charge < -0.3 is 15.1 Å². The molecule has 2 unspecified atom stereocenters. The van der Waals surface area contributed by atoms with Crippen LogP contribution in [0.5, 0.6) is 0 Å². The Morgan fingerprint density at radius 1 is 1.09 bits per heavy atom. The summed E-state index contributed by atoms with van der Waals surface area (Å²) in [6.45, 7) is 6.03. The van der Waals surface area contributed by atoms with Crippen molar-refractivity contribution in [3.63, 3.8) is 0 Å². The van der Waals surface area contributed by atoms with Gasteiger partial charge in [-0.25, -0.2) is 0 Å². The van der Waals surface area contributed by atoms with Crippen LogP contribution in [0.2, 0.25) is 0 Å². The number of alkyl halides is 3. The van der Waals surface area contributed by atoms with E-state index in [1.54, 1.807) is 12.1 Å². The van der Waals surface area contributed by atoms with Crippen molar-refractivity contribution in [2.24, 2.45) is 5.92 Å². The molecule has 2 amide bonds. The molecular formula is C26H30F3N3O2. The van der Waals surface area contributed by atoms with Crippen molar-refractivity contribution < 1.29 is 22.8 Å². The fraction of sp³-hybridized carbons (Fsp3) is 0.462. The lowest BCUT2D eigenvalue weighted by Gasteiger charge is -2.41. The van der Waals surface area contributed by atoms with Crippen LogP contribution in [0.3, 0.4) is 0 Å². The lowest BCUT2D eigenvalue weighted by molar-refractivity contribution is -0.192. The van der Waals surface area contributed by atoms with Crippen molar-refractivity contribution in [1.29, 1.82) is 0 Å². The molecule has 34 heavy (non-hydrogen) atoms. The first-order chi connectivity index (χ1) is 15.9. The highest BCUT2D eigenvalue weighted by atomic mass is 19.4. The van der Waals surface area contributed by atoms with Crippen LogP contribution in [0.4, 0.5) is 18.9 Å². The van der Waals surface area contributed by atoms with Gasteiger partial charge in [-0.1, -0.05) is 50.2 Å². The fourth-order valence-corrected chi connectivity index (χ4v) is 5.12. The number of nitrogens with zero attached hydrogens (tertiary/aromatic N) is 2. The molecule has 5 nitrogen and oxygen atoms in total. The van der Waals surface area contributed by atoms with Crippen molar-refractivity contribution in [2.45, 2.75) is 50.9 Å². The van der Waals surface area contributed by atoms with Crippen molar-refractivity contribution in [1.82, 2.24) is 9.80 Å². The monoisotopic (exact) mass is 473 g/mol. The van der Waals surface area contributed by atoms with Crippen LogP contribution in [0.25, 0.3) is 0 Å². The first-order valence-corrected chi connectivity index (χ1v) is 11.4. The molecule has 182 valence electrons. The number of hydrogen-bond donors (Lipinski definition) is 1. The van der Waals surface area contributed by atoms with Gasteiger partial charge in [-0.05, 0) is 35.2 Å². The minimum Gasteiger partial charge on any atom is -0.381 e. The van der Waals surface area contributed by atoms with Crippen LogP contribution >= 0.6 is 0 Å². The maximum Gasteiger partial charge on any atom is 0.413 e. The third kappa shape index (κ3) is 4.38. The maximum absolute atomic E-state index is 14.0. The fourth-order valence-electron chi connectivity index (χ4n) is 5.12. The average molecular weight is 474 g/mol. The summed E-state index contributed by atoms with van der Waals surface area (Å²) in [5.74, 6) is -1.39. The third-order valence-corrected chi connectivity index (χ3v) is 7.30. The molecule has 0 saturated carbocycles. The van der Waals surface area contributed by atoms with Gasteiger partial charge in [0.05, 0.1) is 5.92 Å². The molecule has 1 fully saturated rings. The second kappa shape index (κ2) is 8.64. The van der Waals surface area contributed by atoms with Gasteiger partial charge >= 0.3 is 6.18 Å². The van der Waals surface area contributed by atoms with E-state index < -0.39 is 24.0 Å². The molecule has 2 aromatic rings. The van der Waals surface area contributed by atoms with E-state index in [0.29, 0.717) is 0 Å². The average Bonchev–Trinajstić information content (AvgIpc) is 2.97. The van der Waals surface area contributed by atoms with Gasteiger partial charge in [0.1, 0.15) is 0 Å². The minimum absolute atomic E-state index is 0.00520. The van der Waals surface area contributed by atoms with E-state index in [-0.39, 0.29) is 36.0 Å². The number of fused-ring (bicyclic) bond motifs is 1. The largest absolute Gasteiger partial charge is 0.413 e. The predicted molar refractivity (Wildman–Crippen MR) is 124 cm³/mol. The maximum atomic E-state index is 14.0. The summed E-state index contributed by atoms with van der Waals surface area (Å²) >= 11 is 0. The van der Waals surface area contributed by atoms with E-state index in [1.807, 2.05) is 12.1 Å². The van der Waals surface area contributed by atoms with Crippen molar-refractivity contribution >= 4 is 17.5 Å². The summed E-state index contributed by atoms with van der Waals surface area (Å²) in [6, 6.07) is 12.5. The number of halogens is 3. The third-order valence-electron chi connectivity index (χ3n) is 7.30. The molecule has 0 bridgehead atoms. The van der Waals surface area contributed by atoms with Gasteiger partial charge in [0.15, 0.2) is 6.04 Å². The number of hydrogen-bond acceptors (Lipinski definition) is 3. The van der Waals surface area contributed by atoms with Crippen molar-refractivity contribution in [3.05, 3.63) is 65.2 Å². The Morgan fingerprint density at radius 2 is 1.71 bits per heavy atom. The smallest absolute Gasteiger partial charge is 0.381 e. The van der Waals surface area contributed by atoms with Gasteiger partial charge in [-0.15, -0.1) is 0 Å². The summed E-state index contributed by atoms with van der Waals surface area (Å²) in [5.41, 5.74) is 3.18. The second-order valence-electron chi connectivity index (χ2n) is 9.92. The molecule has 2 atom stereocenters. The van der Waals surface area contributed by atoms with Crippen LogP contribution in [0.1, 0.15) is 43.5 Å². The molecule has 0 aromatic heterocycles. The quantitative estimate of drug-likeness (QED) is 0.694. The van der Waals surface area contributed by atoms with E-state index in [1.165, 1.54) is 42.1 Å². The molecule has 1 saturated heterocycles. The van der Waals surface area contributed by atoms with E-state index in [2.05, 4.69) is 31.3 Å². The second-order valence-corrected chi connectivity index (χ2v) is 9.92. The Hall–Kier alpha value is -3.03. The van der Waals surface area contributed by atoms with Crippen LogP contribution in [0, 0.1) is 5.92 Å². The van der Waals surface area contributed by atoms with E-state index >= 15 is 0 Å². The highest BCUT2D eigenvalue weighted by Crippen LogP contribution is 2.41. The van der Waals surface area contributed by atoms with Crippen LogP contribution < -0.4 is 5.32 Å². The summed E-state index contributed by atoms with van der Waals surface area (Å²) in [4.78, 5) is 26.3. The Labute approximate surface area is 197 Å². The molecule has 2 aromatic carbocycles. The van der Waals surface area contributed by atoms with Crippen LogP contribution in [0.15, 0.2) is 48.5 Å². The van der Waals surface area contributed by atoms with E-state index in [0.717, 1.165) is 17.0 Å². The molecule has 0 spiro atoms. The molecular weight excluding hydrogens is 443 g/mol. The van der Waals surface area contributed by atoms with Crippen LogP contribution in [-0.2, 0) is 21.4 Å². The SMILES string of the molecule is CC(=O)N1CC(C(=O)N(C)C(c2ccc(NC3Cc4ccccc4C3(C)C)cc2)C(F)(F)F)C1. The van der Waals surface area contributed by atoms with E-state index in [9.17, 15) is 22.8 Å². The Balaban J connectivity index is 1.48. The molecule has 1 N–H and O–H groups in total. The molecule has 2 aliphatic rings. The molecule has 1 heterocycles. The highest BCUT2D eigenvalue weighted by molar-refractivity contribution is 5.84. The minimum atomic E-state index is -4.63. The number of rotatable bonds is 5. The lowest BCUT2D eigenvalue weighted by atomic mass is 9.83. The summed E-state index contributed by atoms with van der Waals surface area (Å²) < 4.78 is 42.0. The topological polar surface area (TPSA) is 52.7 Å². The number of anilines is 1. The normalized spacial score (nSPS) is 20.3. The number of carbonyl (C=O) groups is 2. The molecule has 4 rings (SSSR count). The standard InChI is InChI=1S/C26H30F3N3O2/c1-16(33)32-14-19(15-32)24(34)31(4)23(26(27,28)29)17-9-11-20(12-10-17)30-22-13-18-7-5-6-8-21(18)25(22,2)3/h5-12,19,22-23,30H,13-15H2,1-4H3. The Morgan fingerprint density at radius 3 is 2.26 bits per heavy atom. The highest BCUT2D eigenvalue weighted by Gasteiger charge is 2.48. The number of amides is 2. The summed E-state index contributed by atoms with van der Waals surface area (Å²) in [5, 5.41) is 3.49. The van der Waals surface area contributed by atoms with Crippen LogP contribution in [-0.4, -0.2) is 54.0 Å². The number of benzene rings is 2. The molecule has 1 aliphatic carbocycles. The van der Waals surface area contributed by atoms with Gasteiger partial charge in [0, 0.05) is 44.2 Å². The summed E-state index contributed by atoms with van der Waals surface area (Å²) in [7, 11) is 1.18. The van der Waals surface area contributed by atoms with E-state index in [4.69, 9.17) is 0 Å². The first-order valence-electron chi connectivity index (χ1n) is 11.4. The first kappa shape index (κ1) is 24.1. The van der Waals surface area contributed by atoms with Crippen molar-refractivity contribution in [2.75, 3.05) is 25.5 Å². The van der Waals surface area contributed by atoms with Crippen molar-refractivity contribution in [3.8, 4) is 0 Å². The number of carbonyl (C=O) groups excluding carboxylic acids is 2. The zero-order chi connectivity index (χ0) is 24.8. The Kier molecular flexibility index (Phi) is 6.12. The van der Waals surface area contributed by atoms with Gasteiger partial charge in [-0.3, -0.25) is 9.59 Å². The molecule has 1 aliphatic heterocycles. The lowest BCUT2D eigenvalue weighted by Crippen LogP contribution is -2.56. The summed E-state index contributed by atoms with van der Waals surface area (Å²) in [6.07, 6.45) is -3.79. The molecule has 8 heteroatoms. The zero-order valence-electron chi connectivity index (χ0n) is 19.8.